The quantitative estimate of drug-likeness (QED) is 0.309. The molecule has 29 heavy (non-hydrogen) atoms. The summed E-state index contributed by atoms with van der Waals surface area (Å²) < 4.78 is 0. The molecule has 0 fully saturated rings. The Morgan fingerprint density at radius 1 is 0.828 bits per heavy atom. The van der Waals surface area contributed by atoms with Crippen molar-refractivity contribution in [1.82, 2.24) is 0 Å². The zero-order chi connectivity index (χ0) is 22.0. The normalized spacial score (nSPS) is 12.4. The highest BCUT2D eigenvalue weighted by Crippen LogP contribution is 2.27. The topological polar surface area (TPSA) is 40.5 Å². The Labute approximate surface area is 178 Å². The van der Waals surface area contributed by atoms with Crippen LogP contribution in [0.4, 0.5) is 0 Å². The third-order valence-electron chi connectivity index (χ3n) is 5.54. The van der Waals surface area contributed by atoms with Crippen LogP contribution in [-0.2, 0) is 6.42 Å². The lowest BCUT2D eigenvalue weighted by Gasteiger charge is -2.13. The Balaban J connectivity index is 2.70. The molecular formula is C27H40O2. The third kappa shape index (κ3) is 9.69. The Kier molecular flexibility index (Phi) is 10.6. The Hall–Kier alpha value is -2.22. The molecule has 0 unspecified atom stereocenters. The molecule has 0 aliphatic heterocycles. The van der Waals surface area contributed by atoms with Gasteiger partial charge in [0.1, 0.15) is 11.5 Å². The van der Waals surface area contributed by atoms with Gasteiger partial charge in [-0.1, -0.05) is 45.6 Å². The predicted octanol–water partition coefficient (Wildman–Crippen LogP) is 8.18. The first-order valence-electron chi connectivity index (χ1n) is 10.7. The van der Waals surface area contributed by atoms with Gasteiger partial charge < -0.3 is 10.2 Å². The smallest absolute Gasteiger partial charge is 0.119 e. The number of phenols is 2. The SMILES string of the molecule is CC(C)=CCC/C(C)=C/CC(CC/C(C)=C(\C)Cc1cc(O)ccc1O)=C(C)C. The van der Waals surface area contributed by atoms with E-state index in [4.69, 9.17) is 0 Å². The highest BCUT2D eigenvalue weighted by molar-refractivity contribution is 5.41. The van der Waals surface area contributed by atoms with Gasteiger partial charge in [-0.2, -0.15) is 0 Å². The van der Waals surface area contributed by atoms with E-state index < -0.39 is 0 Å². The van der Waals surface area contributed by atoms with Crippen molar-refractivity contribution in [2.45, 2.75) is 87.0 Å². The minimum absolute atomic E-state index is 0.196. The standard InChI is InChI=1S/C27H40O2/c1-19(2)9-8-10-21(5)11-13-24(20(3)4)14-12-22(6)23(7)17-25-18-26(28)15-16-27(25)29/h9,11,15-16,18,28-29H,8,10,12-14,17H2,1-7H3/b21-11+,23-22+. The zero-order valence-corrected chi connectivity index (χ0v) is 19.5. The average molecular weight is 397 g/mol. The fourth-order valence-corrected chi connectivity index (χ4v) is 3.25. The molecule has 0 aromatic heterocycles. The number of allylic oxidation sites excluding steroid dienone is 8. The molecule has 0 aliphatic rings. The van der Waals surface area contributed by atoms with Crippen LogP contribution in [0.5, 0.6) is 11.5 Å². The molecule has 0 atom stereocenters. The van der Waals surface area contributed by atoms with Crippen molar-refractivity contribution in [2.24, 2.45) is 0 Å². The van der Waals surface area contributed by atoms with Gasteiger partial charge >= 0.3 is 0 Å². The summed E-state index contributed by atoms with van der Waals surface area (Å²) in [5.74, 6) is 0.440. The lowest BCUT2D eigenvalue weighted by Crippen LogP contribution is -1.94. The van der Waals surface area contributed by atoms with Gasteiger partial charge in [0.2, 0.25) is 0 Å². The maximum atomic E-state index is 10.0. The predicted molar refractivity (Wildman–Crippen MR) is 126 cm³/mol. The molecule has 0 amide bonds. The minimum atomic E-state index is 0.196. The summed E-state index contributed by atoms with van der Waals surface area (Å²) in [6.45, 7) is 15.3. The highest BCUT2D eigenvalue weighted by atomic mass is 16.3. The van der Waals surface area contributed by atoms with Crippen molar-refractivity contribution in [3.05, 3.63) is 69.4 Å². The fraction of sp³-hybridized carbons (Fsp3) is 0.481. The van der Waals surface area contributed by atoms with Crippen molar-refractivity contribution in [3.8, 4) is 11.5 Å². The molecule has 0 heterocycles. The molecule has 1 rings (SSSR count). The van der Waals surface area contributed by atoms with E-state index >= 15 is 0 Å². The van der Waals surface area contributed by atoms with Crippen molar-refractivity contribution >= 4 is 0 Å². The van der Waals surface area contributed by atoms with E-state index in [2.05, 4.69) is 60.6 Å². The Morgan fingerprint density at radius 3 is 2.14 bits per heavy atom. The lowest BCUT2D eigenvalue weighted by atomic mass is 9.94. The van der Waals surface area contributed by atoms with Gasteiger partial charge in [-0.3, -0.25) is 0 Å². The number of benzene rings is 1. The number of phenolic OH excluding ortho intramolecular Hbond substituents is 2. The van der Waals surface area contributed by atoms with Gasteiger partial charge in [0, 0.05) is 5.56 Å². The molecule has 2 heteroatoms. The van der Waals surface area contributed by atoms with E-state index in [9.17, 15) is 10.2 Å². The van der Waals surface area contributed by atoms with Crippen LogP contribution in [-0.4, -0.2) is 10.2 Å². The summed E-state index contributed by atoms with van der Waals surface area (Å²) in [5, 5.41) is 19.7. The molecule has 2 N–H and O–H groups in total. The summed E-state index contributed by atoms with van der Waals surface area (Å²) in [5.41, 5.74) is 9.17. The zero-order valence-electron chi connectivity index (χ0n) is 19.5. The van der Waals surface area contributed by atoms with Crippen molar-refractivity contribution < 1.29 is 10.2 Å². The van der Waals surface area contributed by atoms with Gasteiger partial charge in [0.05, 0.1) is 0 Å². The molecule has 1 aromatic rings. The van der Waals surface area contributed by atoms with E-state index in [0.29, 0.717) is 6.42 Å². The van der Waals surface area contributed by atoms with Crippen LogP contribution in [0.2, 0.25) is 0 Å². The van der Waals surface area contributed by atoms with Gasteiger partial charge in [-0.15, -0.1) is 0 Å². The van der Waals surface area contributed by atoms with Gasteiger partial charge in [-0.05, 0) is 105 Å². The van der Waals surface area contributed by atoms with Crippen LogP contribution in [0.15, 0.2) is 63.8 Å². The molecule has 2 nitrogen and oxygen atoms in total. The largest absolute Gasteiger partial charge is 0.508 e. The molecule has 0 aliphatic carbocycles. The average Bonchev–Trinajstić information content (AvgIpc) is 2.63. The maximum absolute atomic E-state index is 10.0. The molecule has 0 bridgehead atoms. The van der Waals surface area contributed by atoms with Gasteiger partial charge in [-0.25, -0.2) is 0 Å². The molecule has 160 valence electrons. The Bertz CT molecular complexity index is 796. The molecule has 0 saturated carbocycles. The number of hydrogen-bond donors (Lipinski definition) is 2. The van der Waals surface area contributed by atoms with Crippen molar-refractivity contribution in [3.63, 3.8) is 0 Å². The summed E-state index contributed by atoms with van der Waals surface area (Å²) in [6.07, 6.45) is 10.7. The van der Waals surface area contributed by atoms with E-state index in [-0.39, 0.29) is 11.5 Å². The Morgan fingerprint density at radius 2 is 1.52 bits per heavy atom. The van der Waals surface area contributed by atoms with Crippen molar-refractivity contribution in [2.75, 3.05) is 0 Å². The molecule has 0 saturated heterocycles. The molecule has 1 aromatic carbocycles. The second-order valence-corrected chi connectivity index (χ2v) is 8.73. The second-order valence-electron chi connectivity index (χ2n) is 8.73. The molecule has 0 radical (unpaired) electrons. The summed E-state index contributed by atoms with van der Waals surface area (Å²) in [6, 6.07) is 4.72. The first kappa shape index (κ1) is 24.8. The first-order valence-corrected chi connectivity index (χ1v) is 10.7. The summed E-state index contributed by atoms with van der Waals surface area (Å²) in [4.78, 5) is 0. The summed E-state index contributed by atoms with van der Waals surface area (Å²) >= 11 is 0. The van der Waals surface area contributed by atoms with E-state index in [0.717, 1.165) is 37.7 Å². The number of rotatable bonds is 10. The third-order valence-corrected chi connectivity index (χ3v) is 5.54. The van der Waals surface area contributed by atoms with Crippen LogP contribution < -0.4 is 0 Å². The first-order chi connectivity index (χ1) is 13.6. The van der Waals surface area contributed by atoms with Crippen LogP contribution in [0.3, 0.4) is 0 Å². The van der Waals surface area contributed by atoms with E-state index in [1.165, 1.54) is 39.5 Å². The number of hydrogen-bond acceptors (Lipinski definition) is 2. The minimum Gasteiger partial charge on any atom is -0.508 e. The van der Waals surface area contributed by atoms with E-state index in [1.807, 2.05) is 0 Å². The van der Waals surface area contributed by atoms with Crippen molar-refractivity contribution in [1.29, 1.82) is 0 Å². The maximum Gasteiger partial charge on any atom is 0.119 e. The second kappa shape index (κ2) is 12.4. The summed E-state index contributed by atoms with van der Waals surface area (Å²) in [7, 11) is 0. The van der Waals surface area contributed by atoms with Crippen LogP contribution in [0.1, 0.15) is 86.1 Å². The monoisotopic (exact) mass is 396 g/mol. The lowest BCUT2D eigenvalue weighted by molar-refractivity contribution is 0.455. The van der Waals surface area contributed by atoms with Gasteiger partial charge in [0.25, 0.3) is 0 Å². The highest BCUT2D eigenvalue weighted by Gasteiger charge is 2.07. The van der Waals surface area contributed by atoms with E-state index in [1.54, 1.807) is 12.1 Å². The van der Waals surface area contributed by atoms with Crippen LogP contribution in [0.25, 0.3) is 0 Å². The fourth-order valence-electron chi connectivity index (χ4n) is 3.25. The van der Waals surface area contributed by atoms with Gasteiger partial charge in [0.15, 0.2) is 0 Å². The van der Waals surface area contributed by atoms with Crippen LogP contribution in [0, 0.1) is 0 Å². The molecule has 0 spiro atoms. The molecular weight excluding hydrogens is 356 g/mol. The number of aromatic hydroxyl groups is 2. The van der Waals surface area contributed by atoms with Crippen LogP contribution >= 0.6 is 0 Å².